The monoisotopic (exact) mass is 261 g/mol. The van der Waals surface area contributed by atoms with Gasteiger partial charge in [0.1, 0.15) is 6.04 Å². The predicted molar refractivity (Wildman–Crippen MR) is 71.6 cm³/mol. The number of hydrogen-bond acceptors (Lipinski definition) is 3. The quantitative estimate of drug-likeness (QED) is 0.835. The molecule has 1 amide bonds. The van der Waals surface area contributed by atoms with Gasteiger partial charge in [-0.05, 0) is 36.3 Å². The third kappa shape index (κ3) is 3.34. The molecule has 19 heavy (non-hydrogen) atoms. The minimum Gasteiger partial charge on any atom is -0.467 e. The highest BCUT2D eigenvalue weighted by molar-refractivity contribution is 5.83. The molecular formula is C15H19NO3. The molecule has 1 unspecified atom stereocenters. The lowest BCUT2D eigenvalue weighted by Crippen LogP contribution is -2.41. The van der Waals surface area contributed by atoms with E-state index in [-0.39, 0.29) is 11.9 Å². The number of esters is 1. The van der Waals surface area contributed by atoms with E-state index in [2.05, 4.69) is 17.4 Å². The first kappa shape index (κ1) is 13.6. The molecule has 0 bridgehead atoms. The Hall–Kier alpha value is -1.84. The number of carbonyl (C=O) groups excluding carboxylic acids is 2. The summed E-state index contributed by atoms with van der Waals surface area (Å²) in [6, 6.07) is 7.78. The third-order valence-corrected chi connectivity index (χ3v) is 3.57. The second-order valence-electron chi connectivity index (χ2n) is 5.05. The van der Waals surface area contributed by atoms with E-state index < -0.39 is 6.04 Å². The fraction of sp³-hybridized carbons (Fsp3) is 0.467. The summed E-state index contributed by atoms with van der Waals surface area (Å²) < 4.78 is 4.75. The van der Waals surface area contributed by atoms with Crippen LogP contribution in [-0.4, -0.2) is 25.0 Å². The van der Waals surface area contributed by atoms with Gasteiger partial charge in [-0.3, -0.25) is 4.79 Å². The molecule has 102 valence electrons. The van der Waals surface area contributed by atoms with Crippen LogP contribution in [0.2, 0.25) is 0 Å². The Kier molecular flexibility index (Phi) is 4.20. The molecule has 0 aromatic heterocycles. The molecule has 1 atom stereocenters. The van der Waals surface area contributed by atoms with Crippen molar-refractivity contribution in [2.45, 2.75) is 32.2 Å². The van der Waals surface area contributed by atoms with Gasteiger partial charge in [0.05, 0.1) is 7.11 Å². The molecule has 1 aliphatic rings. The van der Waals surface area contributed by atoms with E-state index in [0.717, 1.165) is 12.8 Å². The number of nitrogens with one attached hydrogen (secondary N) is 1. The Morgan fingerprint density at radius 3 is 2.37 bits per heavy atom. The molecule has 0 radical (unpaired) electrons. The summed E-state index contributed by atoms with van der Waals surface area (Å²) in [7, 11) is 1.35. The zero-order chi connectivity index (χ0) is 13.8. The SMILES string of the molecule is COC(=O)C(CC1Cc2ccccc2C1)NC(C)=O. The van der Waals surface area contributed by atoms with Crippen LogP contribution in [0.3, 0.4) is 0 Å². The summed E-state index contributed by atoms with van der Waals surface area (Å²) in [6.07, 6.45) is 2.55. The maximum Gasteiger partial charge on any atom is 0.328 e. The number of amides is 1. The largest absolute Gasteiger partial charge is 0.467 e. The summed E-state index contributed by atoms with van der Waals surface area (Å²) in [5.41, 5.74) is 2.69. The van der Waals surface area contributed by atoms with Crippen LogP contribution in [0.25, 0.3) is 0 Å². The van der Waals surface area contributed by atoms with Gasteiger partial charge in [-0.15, -0.1) is 0 Å². The Bertz CT molecular complexity index is 459. The van der Waals surface area contributed by atoms with Crippen LogP contribution in [0.5, 0.6) is 0 Å². The highest BCUT2D eigenvalue weighted by atomic mass is 16.5. The van der Waals surface area contributed by atoms with E-state index in [4.69, 9.17) is 4.74 Å². The van der Waals surface area contributed by atoms with E-state index in [1.54, 1.807) is 0 Å². The van der Waals surface area contributed by atoms with Gasteiger partial charge in [0, 0.05) is 6.92 Å². The van der Waals surface area contributed by atoms with E-state index in [1.165, 1.54) is 25.2 Å². The van der Waals surface area contributed by atoms with E-state index >= 15 is 0 Å². The highest BCUT2D eigenvalue weighted by Crippen LogP contribution is 2.29. The van der Waals surface area contributed by atoms with Crippen LogP contribution in [0.1, 0.15) is 24.5 Å². The van der Waals surface area contributed by atoms with Crippen LogP contribution in [-0.2, 0) is 27.2 Å². The second-order valence-corrected chi connectivity index (χ2v) is 5.05. The average Bonchev–Trinajstić information content (AvgIpc) is 2.78. The summed E-state index contributed by atoms with van der Waals surface area (Å²) in [6.45, 7) is 1.42. The lowest BCUT2D eigenvalue weighted by atomic mass is 9.97. The summed E-state index contributed by atoms with van der Waals surface area (Å²) in [5.74, 6) is -0.189. The molecule has 0 fully saturated rings. The van der Waals surface area contributed by atoms with Crippen molar-refractivity contribution in [3.05, 3.63) is 35.4 Å². The van der Waals surface area contributed by atoms with Crippen LogP contribution in [0.4, 0.5) is 0 Å². The fourth-order valence-corrected chi connectivity index (χ4v) is 2.75. The molecular weight excluding hydrogens is 242 g/mol. The Morgan fingerprint density at radius 1 is 1.32 bits per heavy atom. The minimum atomic E-state index is -0.540. The second kappa shape index (κ2) is 5.87. The van der Waals surface area contributed by atoms with Crippen molar-refractivity contribution in [1.82, 2.24) is 5.32 Å². The van der Waals surface area contributed by atoms with E-state index in [9.17, 15) is 9.59 Å². The molecule has 1 aromatic carbocycles. The maximum absolute atomic E-state index is 11.7. The van der Waals surface area contributed by atoms with Crippen molar-refractivity contribution in [2.75, 3.05) is 7.11 Å². The normalized spacial score (nSPS) is 15.7. The maximum atomic E-state index is 11.7. The molecule has 1 aliphatic carbocycles. The standard InChI is InChI=1S/C15H19NO3/c1-10(17)16-14(15(18)19-2)9-11-7-12-5-3-4-6-13(12)8-11/h3-6,11,14H,7-9H2,1-2H3,(H,16,17). The zero-order valence-corrected chi connectivity index (χ0v) is 11.3. The number of ether oxygens (including phenoxy) is 1. The molecule has 0 aliphatic heterocycles. The molecule has 1 aromatic rings. The Morgan fingerprint density at radius 2 is 1.89 bits per heavy atom. The van der Waals surface area contributed by atoms with Gasteiger partial charge >= 0.3 is 5.97 Å². The molecule has 1 N–H and O–H groups in total. The fourth-order valence-electron chi connectivity index (χ4n) is 2.75. The average molecular weight is 261 g/mol. The molecule has 0 spiro atoms. The molecule has 4 heteroatoms. The summed E-state index contributed by atoms with van der Waals surface area (Å²) in [4.78, 5) is 22.8. The number of rotatable bonds is 4. The zero-order valence-electron chi connectivity index (χ0n) is 11.3. The van der Waals surface area contributed by atoms with Crippen molar-refractivity contribution in [3.63, 3.8) is 0 Å². The van der Waals surface area contributed by atoms with Crippen LogP contribution < -0.4 is 5.32 Å². The van der Waals surface area contributed by atoms with E-state index in [1.807, 2.05) is 12.1 Å². The van der Waals surface area contributed by atoms with Gasteiger partial charge in [0.2, 0.25) is 5.91 Å². The van der Waals surface area contributed by atoms with Crippen molar-refractivity contribution in [1.29, 1.82) is 0 Å². The van der Waals surface area contributed by atoms with Crippen LogP contribution in [0.15, 0.2) is 24.3 Å². The first-order valence-electron chi connectivity index (χ1n) is 6.52. The highest BCUT2D eigenvalue weighted by Gasteiger charge is 2.28. The van der Waals surface area contributed by atoms with Gasteiger partial charge in [-0.1, -0.05) is 24.3 Å². The predicted octanol–water partition coefficient (Wildman–Crippen LogP) is 1.47. The molecule has 0 saturated heterocycles. The molecule has 4 nitrogen and oxygen atoms in total. The minimum absolute atomic E-state index is 0.203. The Balaban J connectivity index is 2.00. The van der Waals surface area contributed by atoms with Crippen molar-refractivity contribution < 1.29 is 14.3 Å². The van der Waals surface area contributed by atoms with Gasteiger partial charge in [0.15, 0.2) is 0 Å². The van der Waals surface area contributed by atoms with Crippen molar-refractivity contribution in [2.24, 2.45) is 5.92 Å². The number of methoxy groups -OCH3 is 1. The lowest BCUT2D eigenvalue weighted by molar-refractivity contribution is -0.145. The van der Waals surface area contributed by atoms with Crippen LogP contribution in [0, 0.1) is 5.92 Å². The topological polar surface area (TPSA) is 55.4 Å². The van der Waals surface area contributed by atoms with Gasteiger partial charge < -0.3 is 10.1 Å². The molecule has 2 rings (SSSR count). The van der Waals surface area contributed by atoms with Crippen LogP contribution >= 0.6 is 0 Å². The molecule has 0 heterocycles. The van der Waals surface area contributed by atoms with Gasteiger partial charge in [-0.25, -0.2) is 4.79 Å². The van der Waals surface area contributed by atoms with Crippen molar-refractivity contribution in [3.8, 4) is 0 Å². The van der Waals surface area contributed by atoms with Crippen molar-refractivity contribution >= 4 is 11.9 Å². The summed E-state index contributed by atoms with van der Waals surface area (Å²) >= 11 is 0. The smallest absolute Gasteiger partial charge is 0.328 e. The lowest BCUT2D eigenvalue weighted by Gasteiger charge is -2.19. The van der Waals surface area contributed by atoms with Gasteiger partial charge in [-0.2, -0.15) is 0 Å². The Labute approximate surface area is 113 Å². The van der Waals surface area contributed by atoms with Gasteiger partial charge in [0.25, 0.3) is 0 Å². The van der Waals surface area contributed by atoms with E-state index in [0.29, 0.717) is 12.3 Å². The third-order valence-electron chi connectivity index (χ3n) is 3.57. The first-order chi connectivity index (χ1) is 9.10. The number of carbonyl (C=O) groups is 2. The summed E-state index contributed by atoms with van der Waals surface area (Å²) in [5, 5.41) is 2.67. The molecule has 0 saturated carbocycles. The number of hydrogen-bond donors (Lipinski definition) is 1. The first-order valence-corrected chi connectivity index (χ1v) is 6.52. The number of fused-ring (bicyclic) bond motifs is 1. The number of benzene rings is 1.